The van der Waals surface area contributed by atoms with Gasteiger partial charge < -0.3 is 15.0 Å². The number of ether oxygens (including phenoxy) is 1. The number of anilines is 1. The summed E-state index contributed by atoms with van der Waals surface area (Å²) in [5.74, 6) is 0.445. The molecule has 0 aliphatic rings. The van der Waals surface area contributed by atoms with Crippen molar-refractivity contribution in [3.63, 3.8) is 0 Å². The van der Waals surface area contributed by atoms with Crippen molar-refractivity contribution in [2.75, 3.05) is 32.6 Å². The predicted molar refractivity (Wildman–Crippen MR) is 89.6 cm³/mol. The second-order valence-electron chi connectivity index (χ2n) is 5.47. The quantitative estimate of drug-likeness (QED) is 0.890. The van der Waals surface area contributed by atoms with Crippen LogP contribution in [0.5, 0.6) is 5.75 Å². The lowest BCUT2D eigenvalue weighted by Crippen LogP contribution is -2.20. The molecule has 0 saturated carbocycles. The van der Waals surface area contributed by atoms with Gasteiger partial charge in [0.15, 0.2) is 0 Å². The van der Waals surface area contributed by atoms with Crippen molar-refractivity contribution in [3.05, 3.63) is 59.7 Å². The summed E-state index contributed by atoms with van der Waals surface area (Å²) in [5, 5.41) is 2.91. The molecule has 0 radical (unpaired) electrons. The Morgan fingerprint density at radius 1 is 1.14 bits per heavy atom. The third-order valence-corrected chi connectivity index (χ3v) is 3.20. The van der Waals surface area contributed by atoms with E-state index in [1.54, 1.807) is 6.07 Å². The molecule has 22 heavy (non-hydrogen) atoms. The minimum Gasteiger partial charge on any atom is -0.491 e. The summed E-state index contributed by atoms with van der Waals surface area (Å²) in [6.45, 7) is 3.34. The molecule has 0 heterocycles. The number of hydrogen-bond acceptors (Lipinski definition) is 3. The van der Waals surface area contributed by atoms with Gasteiger partial charge in [-0.3, -0.25) is 4.79 Å². The van der Waals surface area contributed by atoms with Crippen LogP contribution in [0.3, 0.4) is 0 Å². The lowest BCUT2D eigenvalue weighted by molar-refractivity contribution is 0.102. The minimum absolute atomic E-state index is 0.161. The molecule has 0 aromatic heterocycles. The summed E-state index contributed by atoms with van der Waals surface area (Å²) < 4.78 is 5.73. The topological polar surface area (TPSA) is 41.6 Å². The maximum Gasteiger partial charge on any atom is 0.259 e. The molecule has 4 heteroatoms. The van der Waals surface area contributed by atoms with Crippen LogP contribution in [-0.2, 0) is 0 Å². The van der Waals surface area contributed by atoms with Gasteiger partial charge in [0, 0.05) is 12.2 Å². The molecular formula is C18H22N2O2. The lowest BCUT2D eigenvalue weighted by Gasteiger charge is -2.14. The van der Waals surface area contributed by atoms with E-state index in [9.17, 15) is 4.79 Å². The van der Waals surface area contributed by atoms with Crippen molar-refractivity contribution in [2.45, 2.75) is 6.92 Å². The number of amides is 1. The lowest BCUT2D eigenvalue weighted by atomic mass is 10.1. The van der Waals surface area contributed by atoms with Gasteiger partial charge in [-0.25, -0.2) is 0 Å². The summed E-state index contributed by atoms with van der Waals surface area (Å²) in [6.07, 6.45) is 0. The highest BCUT2D eigenvalue weighted by Crippen LogP contribution is 2.20. The molecule has 116 valence electrons. The van der Waals surface area contributed by atoms with Crippen molar-refractivity contribution >= 4 is 11.6 Å². The van der Waals surface area contributed by atoms with E-state index in [1.165, 1.54) is 0 Å². The third kappa shape index (κ3) is 4.60. The summed E-state index contributed by atoms with van der Waals surface area (Å²) in [7, 11) is 3.97. The van der Waals surface area contributed by atoms with Crippen molar-refractivity contribution in [2.24, 2.45) is 0 Å². The number of likely N-dealkylation sites (N-methyl/N-ethyl adjacent to an activating group) is 1. The van der Waals surface area contributed by atoms with Crippen LogP contribution in [0.15, 0.2) is 48.5 Å². The molecule has 0 spiro atoms. The van der Waals surface area contributed by atoms with E-state index in [-0.39, 0.29) is 5.91 Å². The highest BCUT2D eigenvalue weighted by molar-refractivity contribution is 6.06. The van der Waals surface area contributed by atoms with E-state index in [2.05, 4.69) is 5.32 Å². The van der Waals surface area contributed by atoms with E-state index in [4.69, 9.17) is 4.74 Å². The number of benzene rings is 2. The Hall–Kier alpha value is -2.33. The number of nitrogens with one attached hydrogen (secondary N) is 1. The Kier molecular flexibility index (Phi) is 5.55. The van der Waals surface area contributed by atoms with Gasteiger partial charge in [-0.2, -0.15) is 0 Å². The fourth-order valence-electron chi connectivity index (χ4n) is 2.04. The molecule has 0 unspecified atom stereocenters. The smallest absolute Gasteiger partial charge is 0.259 e. The van der Waals surface area contributed by atoms with E-state index in [1.807, 2.05) is 68.4 Å². The molecule has 0 atom stereocenters. The van der Waals surface area contributed by atoms with E-state index < -0.39 is 0 Å². The number of aryl methyl sites for hydroxylation is 1. The Morgan fingerprint density at radius 3 is 2.64 bits per heavy atom. The van der Waals surface area contributed by atoms with E-state index >= 15 is 0 Å². The van der Waals surface area contributed by atoms with Crippen LogP contribution in [0.4, 0.5) is 5.69 Å². The first kappa shape index (κ1) is 16.0. The number of hydrogen-bond donors (Lipinski definition) is 1. The van der Waals surface area contributed by atoms with Gasteiger partial charge in [-0.1, -0.05) is 24.3 Å². The maximum absolute atomic E-state index is 12.4. The van der Waals surface area contributed by atoms with E-state index in [0.29, 0.717) is 17.9 Å². The molecule has 0 aliphatic carbocycles. The van der Waals surface area contributed by atoms with Gasteiger partial charge in [-0.05, 0) is 50.8 Å². The largest absolute Gasteiger partial charge is 0.491 e. The molecule has 0 fully saturated rings. The molecule has 4 nitrogen and oxygen atoms in total. The zero-order chi connectivity index (χ0) is 15.9. The average molecular weight is 298 g/mol. The molecule has 0 aliphatic heterocycles. The molecule has 0 saturated heterocycles. The first-order chi connectivity index (χ1) is 10.6. The fourth-order valence-corrected chi connectivity index (χ4v) is 2.04. The Morgan fingerprint density at radius 2 is 1.91 bits per heavy atom. The summed E-state index contributed by atoms with van der Waals surface area (Å²) >= 11 is 0. The van der Waals surface area contributed by atoms with Gasteiger partial charge in [0.05, 0.1) is 5.56 Å². The number of carbonyl (C=O) groups is 1. The number of nitrogens with zero attached hydrogens (tertiary/aromatic N) is 1. The molecule has 2 aromatic rings. The van der Waals surface area contributed by atoms with Crippen molar-refractivity contribution < 1.29 is 9.53 Å². The standard InChI is InChI=1S/C18H22N2O2/c1-14-7-6-8-15(13-14)19-18(21)16-9-4-5-10-17(16)22-12-11-20(2)3/h4-10,13H,11-12H2,1-3H3,(H,19,21). The van der Waals surface area contributed by atoms with Crippen LogP contribution >= 0.6 is 0 Å². The monoisotopic (exact) mass is 298 g/mol. The van der Waals surface area contributed by atoms with Crippen LogP contribution in [0.1, 0.15) is 15.9 Å². The van der Waals surface area contributed by atoms with Gasteiger partial charge in [0.25, 0.3) is 5.91 Å². The molecule has 1 N–H and O–H groups in total. The van der Waals surface area contributed by atoms with Crippen LogP contribution in [0.2, 0.25) is 0 Å². The predicted octanol–water partition coefficient (Wildman–Crippen LogP) is 3.19. The summed E-state index contributed by atoms with van der Waals surface area (Å²) in [5.41, 5.74) is 2.43. The highest BCUT2D eigenvalue weighted by atomic mass is 16.5. The van der Waals surface area contributed by atoms with Crippen molar-refractivity contribution in [1.82, 2.24) is 4.90 Å². The summed E-state index contributed by atoms with van der Waals surface area (Å²) in [6, 6.07) is 15.0. The van der Waals surface area contributed by atoms with Gasteiger partial charge in [0.2, 0.25) is 0 Å². The van der Waals surface area contributed by atoms with Gasteiger partial charge in [-0.15, -0.1) is 0 Å². The fraction of sp³-hybridized carbons (Fsp3) is 0.278. The van der Waals surface area contributed by atoms with Crippen LogP contribution in [0, 0.1) is 6.92 Å². The maximum atomic E-state index is 12.4. The number of carbonyl (C=O) groups excluding carboxylic acids is 1. The first-order valence-corrected chi connectivity index (χ1v) is 7.31. The van der Waals surface area contributed by atoms with E-state index in [0.717, 1.165) is 17.8 Å². The SMILES string of the molecule is Cc1cccc(NC(=O)c2ccccc2OCCN(C)C)c1. The Labute approximate surface area is 131 Å². The second-order valence-corrected chi connectivity index (χ2v) is 5.47. The molecule has 2 aromatic carbocycles. The average Bonchev–Trinajstić information content (AvgIpc) is 2.47. The summed E-state index contributed by atoms with van der Waals surface area (Å²) in [4.78, 5) is 14.5. The number of para-hydroxylation sites is 1. The van der Waals surface area contributed by atoms with Crippen LogP contribution in [-0.4, -0.2) is 38.1 Å². The van der Waals surface area contributed by atoms with Crippen LogP contribution in [0.25, 0.3) is 0 Å². The van der Waals surface area contributed by atoms with Gasteiger partial charge in [0.1, 0.15) is 12.4 Å². The Bertz CT molecular complexity index is 638. The third-order valence-electron chi connectivity index (χ3n) is 3.20. The molecule has 2 rings (SSSR count). The molecule has 1 amide bonds. The van der Waals surface area contributed by atoms with Crippen molar-refractivity contribution in [1.29, 1.82) is 0 Å². The van der Waals surface area contributed by atoms with Crippen LogP contribution < -0.4 is 10.1 Å². The molecular weight excluding hydrogens is 276 g/mol. The second kappa shape index (κ2) is 7.61. The number of rotatable bonds is 6. The zero-order valence-corrected chi connectivity index (χ0v) is 13.3. The van der Waals surface area contributed by atoms with Gasteiger partial charge >= 0.3 is 0 Å². The minimum atomic E-state index is -0.161. The molecule has 0 bridgehead atoms. The normalized spacial score (nSPS) is 10.5. The Balaban J connectivity index is 2.09. The first-order valence-electron chi connectivity index (χ1n) is 7.31. The zero-order valence-electron chi connectivity index (χ0n) is 13.3. The highest BCUT2D eigenvalue weighted by Gasteiger charge is 2.12. The van der Waals surface area contributed by atoms with Crippen molar-refractivity contribution in [3.8, 4) is 5.75 Å².